The number of nitrogens with zero attached hydrogens (tertiary/aromatic N) is 2. The third-order valence-corrected chi connectivity index (χ3v) is 4.84. The number of hydrogen-bond acceptors (Lipinski definition) is 2. The Balaban J connectivity index is 2.62. The highest BCUT2D eigenvalue weighted by atomic mass is 127. The lowest BCUT2D eigenvalue weighted by molar-refractivity contribution is 1.03. The number of terminal acetylenes is 1. The van der Waals surface area contributed by atoms with Crippen LogP contribution in [0.15, 0.2) is 35.1 Å². The van der Waals surface area contributed by atoms with Gasteiger partial charge in [0.05, 0.1) is 38.9 Å². The second-order valence-electron chi connectivity index (χ2n) is 3.04. The summed E-state index contributed by atoms with van der Waals surface area (Å²) in [5, 5.41) is 5.03. The van der Waals surface area contributed by atoms with E-state index in [0.717, 1.165) is 10.6 Å². The molecule has 0 spiro atoms. The van der Waals surface area contributed by atoms with Crippen LogP contribution in [0.2, 0.25) is 0 Å². The molecule has 16 heavy (non-hydrogen) atoms. The molecule has 0 saturated heterocycles. The average molecular weight is 343 g/mol. The van der Waals surface area contributed by atoms with Gasteiger partial charge in [0.2, 0.25) is 0 Å². The van der Waals surface area contributed by atoms with Crippen LogP contribution in [0.3, 0.4) is 0 Å². The molecule has 1 unspecified atom stereocenters. The molecule has 0 aliphatic carbocycles. The summed E-state index contributed by atoms with van der Waals surface area (Å²) < 4.78 is 1.35. The van der Waals surface area contributed by atoms with Crippen LogP contribution in [0, 0.1) is 12.3 Å². The summed E-state index contributed by atoms with van der Waals surface area (Å²) in [6.45, 7) is 0. The first-order chi connectivity index (χ1) is 7.74. The molecular formula is C11H8IN2OS+. The van der Waals surface area contributed by atoms with Gasteiger partial charge in [0.15, 0.2) is 5.75 Å². The normalized spacial score (nSPS) is 11.1. The Hall–Kier alpha value is -1.13. The Morgan fingerprint density at radius 2 is 2.12 bits per heavy atom. The maximum atomic E-state index is 11.8. The molecule has 1 heterocycles. The fourth-order valence-corrected chi connectivity index (χ4v) is 3.83. The molecule has 0 amide bonds. The summed E-state index contributed by atoms with van der Waals surface area (Å²) in [7, 11) is -0.598. The molecule has 0 fully saturated rings. The highest BCUT2D eigenvalue weighted by Gasteiger charge is 2.25. The zero-order valence-electron chi connectivity index (χ0n) is 8.26. The van der Waals surface area contributed by atoms with Gasteiger partial charge in [-0.15, -0.1) is 9.32 Å². The largest absolute Gasteiger partial charge is 0.485 e. The smallest absolute Gasteiger partial charge is 0.205 e. The SMILES string of the molecule is C#CC[s+]1c(-c2ccccc2)nn(I)c1=O. The zero-order chi connectivity index (χ0) is 11.5. The topological polar surface area (TPSA) is 34.9 Å². The van der Waals surface area contributed by atoms with Gasteiger partial charge in [0.25, 0.3) is 5.01 Å². The van der Waals surface area contributed by atoms with Crippen molar-refractivity contribution in [3.05, 3.63) is 40.0 Å². The van der Waals surface area contributed by atoms with Crippen molar-refractivity contribution in [2.24, 2.45) is 0 Å². The van der Waals surface area contributed by atoms with Crippen LogP contribution in [0.1, 0.15) is 0 Å². The van der Waals surface area contributed by atoms with Crippen molar-refractivity contribution in [3.63, 3.8) is 0 Å². The van der Waals surface area contributed by atoms with Gasteiger partial charge in [-0.2, -0.15) is 0 Å². The number of halogens is 1. The minimum Gasteiger partial charge on any atom is -0.205 e. The fourth-order valence-electron chi connectivity index (χ4n) is 1.34. The van der Waals surface area contributed by atoms with E-state index in [0.29, 0.717) is 5.75 Å². The average Bonchev–Trinajstić information content (AvgIpc) is 2.59. The molecule has 80 valence electrons. The third kappa shape index (κ3) is 2.03. The number of aromatic nitrogens is 2. The van der Waals surface area contributed by atoms with Gasteiger partial charge < -0.3 is 0 Å². The highest BCUT2D eigenvalue weighted by molar-refractivity contribution is 14.1. The maximum Gasteiger partial charge on any atom is 0.485 e. The molecule has 5 heteroatoms. The molecule has 1 aromatic heterocycles. The van der Waals surface area contributed by atoms with Crippen molar-refractivity contribution < 1.29 is 0 Å². The molecule has 0 N–H and O–H groups in total. The van der Waals surface area contributed by atoms with Crippen molar-refractivity contribution in [1.29, 1.82) is 0 Å². The van der Waals surface area contributed by atoms with E-state index in [9.17, 15) is 4.79 Å². The number of benzene rings is 1. The first kappa shape index (κ1) is 11.4. The predicted molar refractivity (Wildman–Crippen MR) is 74.7 cm³/mol. The Morgan fingerprint density at radius 3 is 2.75 bits per heavy atom. The van der Waals surface area contributed by atoms with E-state index < -0.39 is 10.5 Å². The van der Waals surface area contributed by atoms with Crippen LogP contribution >= 0.6 is 33.3 Å². The fraction of sp³-hybridized carbons (Fsp3) is 0.0909. The van der Waals surface area contributed by atoms with Crippen molar-refractivity contribution in [2.75, 3.05) is 0 Å². The second kappa shape index (κ2) is 4.80. The summed E-state index contributed by atoms with van der Waals surface area (Å²) in [6.07, 6.45) is 5.29. The lowest BCUT2D eigenvalue weighted by atomic mass is 10.2. The third-order valence-electron chi connectivity index (χ3n) is 2.02. The molecule has 0 bridgehead atoms. The second-order valence-corrected chi connectivity index (χ2v) is 5.76. The van der Waals surface area contributed by atoms with Crippen LogP contribution in [0.5, 0.6) is 0 Å². The van der Waals surface area contributed by atoms with E-state index in [1.165, 1.54) is 2.90 Å². The molecule has 0 radical (unpaired) electrons. The Morgan fingerprint density at radius 1 is 1.44 bits per heavy atom. The van der Waals surface area contributed by atoms with E-state index in [4.69, 9.17) is 6.42 Å². The monoisotopic (exact) mass is 343 g/mol. The molecule has 1 aromatic carbocycles. The predicted octanol–water partition coefficient (Wildman–Crippen LogP) is 2.49. The molecule has 0 aliphatic rings. The number of rotatable bonds is 2. The Labute approximate surface area is 110 Å². The Kier molecular flexibility index (Phi) is 3.41. The quantitative estimate of drug-likeness (QED) is 0.477. The van der Waals surface area contributed by atoms with E-state index in [-0.39, 0.29) is 4.87 Å². The van der Waals surface area contributed by atoms with Gasteiger partial charge >= 0.3 is 4.87 Å². The summed E-state index contributed by atoms with van der Waals surface area (Å²) in [5.41, 5.74) is 0.966. The maximum absolute atomic E-state index is 11.8. The summed E-state index contributed by atoms with van der Waals surface area (Å²) in [4.78, 5) is 11.8. The highest BCUT2D eigenvalue weighted by Crippen LogP contribution is 2.29. The van der Waals surface area contributed by atoms with Crippen LogP contribution in [-0.4, -0.2) is 7.99 Å². The van der Waals surface area contributed by atoms with Gasteiger partial charge in [-0.3, -0.25) is 0 Å². The molecular weight excluding hydrogens is 335 g/mol. The van der Waals surface area contributed by atoms with Gasteiger partial charge in [0, 0.05) is 0 Å². The molecule has 2 aromatic rings. The van der Waals surface area contributed by atoms with Gasteiger partial charge in [-0.25, -0.2) is 4.79 Å². The molecule has 3 nitrogen and oxygen atoms in total. The van der Waals surface area contributed by atoms with E-state index in [2.05, 4.69) is 11.0 Å². The summed E-state index contributed by atoms with van der Waals surface area (Å²) in [5.74, 6) is 2.96. The van der Waals surface area contributed by atoms with Crippen molar-refractivity contribution in [1.82, 2.24) is 7.99 Å². The number of hydrogen-bond donors (Lipinski definition) is 0. The standard InChI is InChI=1S/C11H8IN2OS/c1-2-8-16-10(13-14(12)11(16)15)9-6-4-3-5-7-9/h1,3-7H,8H2/q+1. The van der Waals surface area contributed by atoms with Gasteiger partial charge in [0.1, 0.15) is 0 Å². The summed E-state index contributed by atoms with van der Waals surface area (Å²) >= 11 is 1.89. The van der Waals surface area contributed by atoms with Crippen LogP contribution in [-0.2, 0) is 5.75 Å². The van der Waals surface area contributed by atoms with Crippen molar-refractivity contribution >= 4 is 33.3 Å². The molecule has 2 rings (SSSR count). The lowest BCUT2D eigenvalue weighted by Crippen LogP contribution is -2.05. The molecule has 0 saturated carbocycles. The van der Waals surface area contributed by atoms with E-state index in [1.807, 2.05) is 53.2 Å². The van der Waals surface area contributed by atoms with Crippen LogP contribution < -0.4 is 4.87 Å². The minimum atomic E-state index is -0.598. The zero-order valence-corrected chi connectivity index (χ0v) is 11.2. The van der Waals surface area contributed by atoms with E-state index in [1.54, 1.807) is 0 Å². The van der Waals surface area contributed by atoms with Crippen LogP contribution in [0.4, 0.5) is 0 Å². The van der Waals surface area contributed by atoms with E-state index >= 15 is 0 Å². The first-order valence-electron chi connectivity index (χ1n) is 4.52. The van der Waals surface area contributed by atoms with Crippen LogP contribution in [0.25, 0.3) is 10.6 Å². The lowest BCUT2D eigenvalue weighted by Gasteiger charge is -1.90. The minimum absolute atomic E-state index is 0.0163. The molecule has 1 atom stereocenters. The summed E-state index contributed by atoms with van der Waals surface area (Å²) in [6, 6.07) is 9.67. The Bertz CT molecular complexity index is 595. The molecule has 0 aliphatic heterocycles. The van der Waals surface area contributed by atoms with Gasteiger partial charge in [-0.1, -0.05) is 23.3 Å². The first-order valence-corrected chi connectivity index (χ1v) is 6.88. The van der Waals surface area contributed by atoms with Crippen molar-refractivity contribution in [3.8, 4) is 22.9 Å². The van der Waals surface area contributed by atoms with Gasteiger partial charge in [-0.05, 0) is 18.1 Å². The van der Waals surface area contributed by atoms with Crippen molar-refractivity contribution in [2.45, 2.75) is 5.75 Å².